The molecule has 2 aliphatic rings. The minimum Gasteiger partial charge on any atom is -0.397 e. The molecule has 3 rings (SSSR count). The Morgan fingerprint density at radius 1 is 1.42 bits per heavy atom. The molecule has 2 atom stereocenters. The Morgan fingerprint density at radius 3 is 3.05 bits per heavy atom. The first-order valence-corrected chi connectivity index (χ1v) is 6.69. The maximum absolute atomic E-state index is 11.4. The van der Waals surface area contributed by atoms with Crippen molar-refractivity contribution >= 4 is 23.0 Å². The van der Waals surface area contributed by atoms with Gasteiger partial charge in [0.05, 0.1) is 29.9 Å². The maximum atomic E-state index is 11.4. The fourth-order valence-electron chi connectivity index (χ4n) is 2.99. The monoisotopic (exact) mass is 261 g/mol. The van der Waals surface area contributed by atoms with E-state index in [0.29, 0.717) is 18.2 Å². The van der Waals surface area contributed by atoms with Crippen LogP contribution in [0.5, 0.6) is 0 Å². The number of nitrogens with two attached hydrogens (primary N) is 1. The van der Waals surface area contributed by atoms with Crippen molar-refractivity contribution in [2.45, 2.75) is 37.8 Å². The van der Waals surface area contributed by atoms with Crippen molar-refractivity contribution in [3.8, 4) is 0 Å². The molecule has 1 aliphatic carbocycles. The van der Waals surface area contributed by atoms with Gasteiger partial charge in [-0.15, -0.1) is 0 Å². The van der Waals surface area contributed by atoms with Crippen LogP contribution in [0.25, 0.3) is 0 Å². The van der Waals surface area contributed by atoms with E-state index in [-0.39, 0.29) is 12.0 Å². The van der Waals surface area contributed by atoms with Crippen molar-refractivity contribution in [3.63, 3.8) is 0 Å². The topological polar surface area (TPSA) is 76.4 Å². The number of ether oxygens (including phenoxy) is 1. The van der Waals surface area contributed by atoms with Crippen LogP contribution in [0.4, 0.5) is 17.1 Å². The average molecular weight is 261 g/mol. The minimum atomic E-state index is 0.0298. The largest absolute Gasteiger partial charge is 0.397 e. The summed E-state index contributed by atoms with van der Waals surface area (Å²) in [6.45, 7) is 0. The number of carbonyl (C=O) groups excluding carboxylic acids is 1. The first kappa shape index (κ1) is 12.3. The number of nitrogen functional groups attached to an aromatic ring is 1. The first-order chi connectivity index (χ1) is 9.17. The number of amides is 1. The molecule has 0 bridgehead atoms. The van der Waals surface area contributed by atoms with Gasteiger partial charge in [-0.1, -0.05) is 0 Å². The second-order valence-corrected chi connectivity index (χ2v) is 5.28. The number of methoxy groups -OCH3 is 1. The first-order valence-electron chi connectivity index (χ1n) is 6.69. The molecule has 0 spiro atoms. The van der Waals surface area contributed by atoms with Gasteiger partial charge in [0.1, 0.15) is 0 Å². The van der Waals surface area contributed by atoms with Crippen LogP contribution in [0, 0.1) is 0 Å². The number of benzene rings is 1. The zero-order valence-corrected chi connectivity index (χ0v) is 11.0. The van der Waals surface area contributed by atoms with E-state index in [4.69, 9.17) is 10.5 Å². The van der Waals surface area contributed by atoms with Crippen molar-refractivity contribution < 1.29 is 9.53 Å². The fraction of sp³-hybridized carbons (Fsp3) is 0.500. The van der Waals surface area contributed by atoms with Gasteiger partial charge < -0.3 is 21.1 Å². The molecule has 0 aromatic heterocycles. The van der Waals surface area contributed by atoms with Crippen LogP contribution in [0.1, 0.15) is 24.8 Å². The van der Waals surface area contributed by atoms with Crippen LogP contribution in [0.15, 0.2) is 12.1 Å². The average Bonchev–Trinajstić information content (AvgIpc) is 2.95. The third-order valence-electron chi connectivity index (χ3n) is 4.00. The summed E-state index contributed by atoms with van der Waals surface area (Å²) < 4.78 is 5.47. The highest BCUT2D eigenvalue weighted by molar-refractivity contribution is 6.00. The molecule has 5 heteroatoms. The molecule has 0 saturated heterocycles. The van der Waals surface area contributed by atoms with Crippen LogP contribution in [-0.2, 0) is 16.0 Å². The van der Waals surface area contributed by atoms with E-state index in [1.807, 2.05) is 12.1 Å². The Hall–Kier alpha value is -1.75. The van der Waals surface area contributed by atoms with Crippen LogP contribution in [-0.4, -0.2) is 25.2 Å². The van der Waals surface area contributed by atoms with Gasteiger partial charge in [-0.25, -0.2) is 0 Å². The summed E-state index contributed by atoms with van der Waals surface area (Å²) in [5, 5.41) is 6.30. The van der Waals surface area contributed by atoms with Crippen molar-refractivity contribution in [1.29, 1.82) is 0 Å². The Labute approximate surface area is 112 Å². The number of carbonyl (C=O) groups is 1. The molecule has 102 valence electrons. The van der Waals surface area contributed by atoms with Crippen LogP contribution < -0.4 is 16.4 Å². The van der Waals surface area contributed by atoms with Gasteiger partial charge in [-0.3, -0.25) is 4.79 Å². The van der Waals surface area contributed by atoms with Gasteiger partial charge in [-0.2, -0.15) is 0 Å². The lowest BCUT2D eigenvalue weighted by molar-refractivity contribution is -0.115. The second-order valence-electron chi connectivity index (χ2n) is 5.28. The van der Waals surface area contributed by atoms with Crippen LogP contribution in [0.3, 0.4) is 0 Å². The van der Waals surface area contributed by atoms with Crippen molar-refractivity contribution in [1.82, 2.24) is 0 Å². The zero-order valence-electron chi connectivity index (χ0n) is 11.0. The Morgan fingerprint density at radius 2 is 2.26 bits per heavy atom. The number of rotatable bonds is 3. The molecule has 5 nitrogen and oxygen atoms in total. The van der Waals surface area contributed by atoms with Crippen molar-refractivity contribution in [3.05, 3.63) is 17.7 Å². The van der Waals surface area contributed by atoms with Crippen molar-refractivity contribution in [2.24, 2.45) is 0 Å². The molecule has 0 radical (unpaired) electrons. The number of nitrogens with one attached hydrogen (secondary N) is 2. The smallest absolute Gasteiger partial charge is 0.228 e. The van der Waals surface area contributed by atoms with E-state index in [9.17, 15) is 4.79 Å². The molecule has 1 saturated carbocycles. The summed E-state index contributed by atoms with van der Waals surface area (Å²) in [5.41, 5.74) is 9.48. The standard InChI is InChI=1S/C14H19N3O2/c1-19-13-4-2-3-10(13)16-12-7-11-8(5-9(12)15)6-14(18)17-11/h5,7,10,13,16H,2-4,6,15H2,1H3,(H,17,18). The van der Waals surface area contributed by atoms with Crippen LogP contribution in [0.2, 0.25) is 0 Å². The predicted molar refractivity (Wildman–Crippen MR) is 75.2 cm³/mol. The van der Waals surface area contributed by atoms with Gasteiger partial charge in [0.2, 0.25) is 5.91 Å². The molecule has 1 aromatic carbocycles. The Bertz CT molecular complexity index is 516. The van der Waals surface area contributed by atoms with E-state index in [2.05, 4.69) is 10.6 Å². The second kappa shape index (κ2) is 4.74. The fourth-order valence-corrected chi connectivity index (χ4v) is 2.99. The summed E-state index contributed by atoms with van der Waals surface area (Å²) in [4.78, 5) is 11.4. The van der Waals surface area contributed by atoms with E-state index >= 15 is 0 Å². The molecular formula is C14H19N3O2. The molecule has 1 amide bonds. The summed E-state index contributed by atoms with van der Waals surface area (Å²) in [7, 11) is 1.75. The number of hydrogen-bond acceptors (Lipinski definition) is 4. The minimum absolute atomic E-state index is 0.0298. The highest BCUT2D eigenvalue weighted by Gasteiger charge is 2.28. The van der Waals surface area contributed by atoms with E-state index in [1.54, 1.807) is 7.11 Å². The Kier molecular flexibility index (Phi) is 3.06. The van der Waals surface area contributed by atoms with E-state index in [0.717, 1.165) is 36.2 Å². The van der Waals surface area contributed by atoms with Gasteiger partial charge in [0, 0.05) is 12.8 Å². The summed E-state index contributed by atoms with van der Waals surface area (Å²) in [6, 6.07) is 4.11. The van der Waals surface area contributed by atoms with Gasteiger partial charge >= 0.3 is 0 Å². The molecule has 19 heavy (non-hydrogen) atoms. The number of fused-ring (bicyclic) bond motifs is 1. The number of hydrogen-bond donors (Lipinski definition) is 3. The van der Waals surface area contributed by atoms with Gasteiger partial charge in [-0.05, 0) is 37.0 Å². The highest BCUT2D eigenvalue weighted by Crippen LogP contribution is 2.34. The molecular weight excluding hydrogens is 242 g/mol. The molecule has 4 N–H and O–H groups in total. The van der Waals surface area contributed by atoms with Gasteiger partial charge in [0.15, 0.2) is 0 Å². The lowest BCUT2D eigenvalue weighted by atomic mass is 10.1. The van der Waals surface area contributed by atoms with E-state index in [1.165, 1.54) is 0 Å². The molecule has 1 aromatic rings. The quantitative estimate of drug-likeness (QED) is 0.724. The van der Waals surface area contributed by atoms with Crippen LogP contribution >= 0.6 is 0 Å². The summed E-state index contributed by atoms with van der Waals surface area (Å²) in [6.07, 6.45) is 3.99. The molecule has 1 heterocycles. The van der Waals surface area contributed by atoms with Gasteiger partial charge in [0.25, 0.3) is 0 Å². The summed E-state index contributed by atoms with van der Waals surface area (Å²) >= 11 is 0. The summed E-state index contributed by atoms with van der Waals surface area (Å²) in [5.74, 6) is 0.0298. The lowest BCUT2D eigenvalue weighted by Crippen LogP contribution is -2.30. The third-order valence-corrected chi connectivity index (χ3v) is 4.00. The Balaban J connectivity index is 1.82. The normalized spacial score (nSPS) is 25.2. The molecule has 2 unspecified atom stereocenters. The lowest BCUT2D eigenvalue weighted by Gasteiger charge is -2.22. The third kappa shape index (κ3) is 2.26. The predicted octanol–water partition coefficient (Wildman–Crippen LogP) is 1.74. The van der Waals surface area contributed by atoms with E-state index < -0.39 is 0 Å². The maximum Gasteiger partial charge on any atom is 0.228 e. The molecule has 1 aliphatic heterocycles. The highest BCUT2D eigenvalue weighted by atomic mass is 16.5. The van der Waals surface area contributed by atoms with Crippen molar-refractivity contribution in [2.75, 3.05) is 23.5 Å². The SMILES string of the molecule is COC1CCCC1Nc1cc2c(cc1N)CC(=O)N2. The molecule has 1 fully saturated rings. The zero-order chi connectivity index (χ0) is 13.4. The number of anilines is 3.